The van der Waals surface area contributed by atoms with Crippen molar-refractivity contribution in [2.75, 3.05) is 6.61 Å². The van der Waals surface area contributed by atoms with Gasteiger partial charge in [0.2, 0.25) is 0 Å². The maximum absolute atomic E-state index is 12.1. The highest BCUT2D eigenvalue weighted by Crippen LogP contribution is 2.28. The van der Waals surface area contributed by atoms with E-state index in [9.17, 15) is 9.59 Å². The molecule has 0 aliphatic carbocycles. The van der Waals surface area contributed by atoms with Crippen molar-refractivity contribution >= 4 is 22.7 Å². The van der Waals surface area contributed by atoms with Gasteiger partial charge in [-0.15, -0.1) is 0 Å². The number of carbonyl (C=O) groups excluding carboxylic acids is 2. The molecule has 1 heterocycles. The number of Topliss-reactive ketones (excluding diaryl/α,β-unsaturated/α-hetero) is 1. The van der Waals surface area contributed by atoms with Gasteiger partial charge in [-0.2, -0.15) is 0 Å². The van der Waals surface area contributed by atoms with Gasteiger partial charge in [-0.3, -0.25) is 9.78 Å². The molecule has 2 rings (SSSR count). The molecule has 0 spiro atoms. The molecule has 2 aromatic rings. The Morgan fingerprint density at radius 1 is 1.24 bits per heavy atom. The lowest BCUT2D eigenvalue weighted by atomic mass is 10.0. The summed E-state index contributed by atoms with van der Waals surface area (Å²) in [6.45, 7) is 5.64. The number of nitrogens with zero attached hydrogens (tertiary/aromatic N) is 1. The van der Waals surface area contributed by atoms with E-state index >= 15 is 0 Å². The van der Waals surface area contributed by atoms with E-state index < -0.39 is 11.8 Å². The van der Waals surface area contributed by atoms with E-state index in [1.165, 1.54) is 0 Å². The van der Waals surface area contributed by atoms with Crippen molar-refractivity contribution in [3.05, 3.63) is 36.0 Å². The van der Waals surface area contributed by atoms with Crippen LogP contribution in [0, 0.1) is 0 Å². The molecule has 0 N–H and O–H groups in total. The molecule has 0 amide bonds. The fourth-order valence-corrected chi connectivity index (χ4v) is 2.00. The molecule has 0 atom stereocenters. The number of hydrogen-bond donors (Lipinski definition) is 0. The van der Waals surface area contributed by atoms with Gasteiger partial charge in [0.05, 0.1) is 12.7 Å². The van der Waals surface area contributed by atoms with Crippen molar-refractivity contribution in [2.24, 2.45) is 0 Å². The third-order valence-electron chi connectivity index (χ3n) is 2.80. The Labute approximate surface area is 122 Å². The maximum Gasteiger partial charge on any atom is 0.379 e. The minimum absolute atomic E-state index is 0.0122. The van der Waals surface area contributed by atoms with E-state index in [0.717, 1.165) is 0 Å². The Morgan fingerprint density at radius 3 is 2.67 bits per heavy atom. The van der Waals surface area contributed by atoms with Crippen LogP contribution in [0.5, 0.6) is 5.75 Å². The molecule has 1 aromatic carbocycles. The van der Waals surface area contributed by atoms with Crippen molar-refractivity contribution < 1.29 is 19.1 Å². The van der Waals surface area contributed by atoms with E-state index in [2.05, 4.69) is 4.98 Å². The number of rotatable bonds is 5. The van der Waals surface area contributed by atoms with Crippen LogP contribution in [-0.2, 0) is 9.53 Å². The van der Waals surface area contributed by atoms with E-state index in [1.54, 1.807) is 37.4 Å². The first-order chi connectivity index (χ1) is 10.0. The molecule has 0 aliphatic heterocycles. The van der Waals surface area contributed by atoms with Crippen molar-refractivity contribution in [3.63, 3.8) is 0 Å². The number of pyridine rings is 1. The van der Waals surface area contributed by atoms with Crippen LogP contribution in [0.15, 0.2) is 30.5 Å². The second-order valence-electron chi connectivity index (χ2n) is 4.73. The molecule has 0 unspecified atom stereocenters. The summed E-state index contributed by atoms with van der Waals surface area (Å²) < 4.78 is 10.4. The Kier molecular flexibility index (Phi) is 4.52. The van der Waals surface area contributed by atoms with Gasteiger partial charge in [-0.05, 0) is 39.0 Å². The topological polar surface area (TPSA) is 65.5 Å². The number of hydrogen-bond acceptors (Lipinski definition) is 5. The van der Waals surface area contributed by atoms with E-state index in [4.69, 9.17) is 9.47 Å². The summed E-state index contributed by atoms with van der Waals surface area (Å²) in [4.78, 5) is 28.0. The molecule has 0 aliphatic rings. The summed E-state index contributed by atoms with van der Waals surface area (Å²) >= 11 is 0. The van der Waals surface area contributed by atoms with Crippen LogP contribution in [0.4, 0.5) is 0 Å². The summed E-state index contributed by atoms with van der Waals surface area (Å²) in [6, 6.07) is 6.67. The maximum atomic E-state index is 12.1. The summed E-state index contributed by atoms with van der Waals surface area (Å²) in [5, 5.41) is 0.578. The third kappa shape index (κ3) is 3.18. The highest BCUT2D eigenvalue weighted by Gasteiger charge is 2.21. The average Bonchev–Trinajstić information content (AvgIpc) is 2.46. The molecule has 5 heteroatoms. The number of aromatic nitrogens is 1. The van der Waals surface area contributed by atoms with Crippen LogP contribution >= 0.6 is 0 Å². The van der Waals surface area contributed by atoms with Crippen molar-refractivity contribution in [1.82, 2.24) is 4.98 Å². The lowest BCUT2D eigenvalue weighted by Gasteiger charge is -2.13. The number of carbonyl (C=O) groups is 2. The zero-order valence-electron chi connectivity index (χ0n) is 12.3. The van der Waals surface area contributed by atoms with Crippen LogP contribution in [0.3, 0.4) is 0 Å². The highest BCUT2D eigenvalue weighted by atomic mass is 16.5. The molecule has 0 saturated heterocycles. The molecule has 0 bridgehead atoms. The Balaban J connectivity index is 2.52. The lowest BCUT2D eigenvalue weighted by Crippen LogP contribution is -2.18. The second kappa shape index (κ2) is 6.35. The molecule has 21 heavy (non-hydrogen) atoms. The summed E-state index contributed by atoms with van der Waals surface area (Å²) in [7, 11) is 0. The molecule has 0 fully saturated rings. The third-order valence-corrected chi connectivity index (χ3v) is 2.80. The normalized spacial score (nSPS) is 10.7. The molecule has 5 nitrogen and oxygen atoms in total. The van der Waals surface area contributed by atoms with Crippen molar-refractivity contribution in [3.8, 4) is 5.75 Å². The van der Waals surface area contributed by atoms with Crippen LogP contribution in [0.25, 0.3) is 10.9 Å². The Hall–Kier alpha value is -2.43. The van der Waals surface area contributed by atoms with Crippen LogP contribution in [0.2, 0.25) is 0 Å². The Morgan fingerprint density at radius 2 is 2.00 bits per heavy atom. The fraction of sp³-hybridized carbons (Fsp3) is 0.312. The molecular weight excluding hydrogens is 270 g/mol. The summed E-state index contributed by atoms with van der Waals surface area (Å²) in [6.07, 6.45) is 1.61. The van der Waals surface area contributed by atoms with Crippen LogP contribution in [0.1, 0.15) is 31.1 Å². The van der Waals surface area contributed by atoms with Gasteiger partial charge in [-0.1, -0.05) is 6.07 Å². The second-order valence-corrected chi connectivity index (χ2v) is 4.73. The number of esters is 1. The van der Waals surface area contributed by atoms with E-state index in [1.807, 2.05) is 13.8 Å². The number of benzene rings is 1. The zero-order valence-corrected chi connectivity index (χ0v) is 12.3. The first kappa shape index (κ1) is 15.0. The standard InChI is InChI=1S/C16H17NO4/c1-4-20-16(19)15(18)12-7-8-13(21-10(2)3)14-11(12)6-5-9-17-14/h5-10H,4H2,1-3H3. The smallest absolute Gasteiger partial charge is 0.379 e. The lowest BCUT2D eigenvalue weighted by molar-refractivity contribution is -0.137. The fourth-order valence-electron chi connectivity index (χ4n) is 2.00. The van der Waals surface area contributed by atoms with Gasteiger partial charge in [0.25, 0.3) is 5.78 Å². The molecule has 110 valence electrons. The van der Waals surface area contributed by atoms with E-state index in [-0.39, 0.29) is 18.3 Å². The van der Waals surface area contributed by atoms with Gasteiger partial charge in [0, 0.05) is 17.1 Å². The predicted molar refractivity (Wildman–Crippen MR) is 78.5 cm³/mol. The molecule has 1 aromatic heterocycles. The van der Waals surface area contributed by atoms with Crippen LogP contribution in [-0.4, -0.2) is 29.4 Å². The van der Waals surface area contributed by atoms with Crippen molar-refractivity contribution in [1.29, 1.82) is 0 Å². The van der Waals surface area contributed by atoms with Crippen LogP contribution < -0.4 is 4.74 Å². The molecule has 0 saturated carbocycles. The molecule has 0 radical (unpaired) electrons. The largest absolute Gasteiger partial charge is 0.489 e. The molecular formula is C16H17NO4. The van der Waals surface area contributed by atoms with Gasteiger partial charge in [0.1, 0.15) is 11.3 Å². The monoisotopic (exact) mass is 287 g/mol. The summed E-state index contributed by atoms with van der Waals surface area (Å²) in [5.41, 5.74) is 0.828. The van der Waals surface area contributed by atoms with E-state index in [0.29, 0.717) is 16.7 Å². The quantitative estimate of drug-likeness (QED) is 0.480. The Bertz CT molecular complexity index is 679. The minimum atomic E-state index is -0.861. The van der Waals surface area contributed by atoms with Gasteiger partial charge in [0.15, 0.2) is 0 Å². The minimum Gasteiger partial charge on any atom is -0.489 e. The van der Waals surface area contributed by atoms with Crippen molar-refractivity contribution in [2.45, 2.75) is 26.9 Å². The first-order valence-corrected chi connectivity index (χ1v) is 6.80. The zero-order chi connectivity index (χ0) is 15.4. The predicted octanol–water partition coefficient (Wildman–Crippen LogP) is 2.77. The number of ketones is 1. The highest BCUT2D eigenvalue weighted by molar-refractivity contribution is 6.43. The summed E-state index contributed by atoms with van der Waals surface area (Å²) in [5.74, 6) is -0.952. The number of ether oxygens (including phenoxy) is 2. The number of fused-ring (bicyclic) bond motifs is 1. The van der Waals surface area contributed by atoms with Gasteiger partial charge in [-0.25, -0.2) is 4.79 Å². The SMILES string of the molecule is CCOC(=O)C(=O)c1ccc(OC(C)C)c2ncccc12. The van der Waals surface area contributed by atoms with Gasteiger partial charge >= 0.3 is 5.97 Å². The average molecular weight is 287 g/mol. The first-order valence-electron chi connectivity index (χ1n) is 6.80. The van der Waals surface area contributed by atoms with Gasteiger partial charge < -0.3 is 9.47 Å².